The standard InChI is InChI=1S/C15H17N/c1-3-11-16-15-12(2)9-10-13-7-5-4-6-8-14(13)15/h4-6,8-11H,3,7H2,1-2H3. The summed E-state index contributed by atoms with van der Waals surface area (Å²) < 4.78 is 0. The van der Waals surface area contributed by atoms with Crippen LogP contribution < -0.4 is 0 Å². The lowest BCUT2D eigenvalue weighted by Crippen LogP contribution is -1.89. The number of fused-ring (bicyclic) bond motifs is 1. The number of aliphatic imine (C=N–C) groups is 1. The number of nitrogens with zero attached hydrogens (tertiary/aromatic N) is 1. The number of aryl methyl sites for hydroxylation is 1. The third-order valence-corrected chi connectivity index (χ3v) is 2.76. The molecule has 0 aromatic heterocycles. The Labute approximate surface area is 97.2 Å². The zero-order valence-electron chi connectivity index (χ0n) is 9.90. The van der Waals surface area contributed by atoms with Crippen molar-refractivity contribution in [2.75, 3.05) is 0 Å². The van der Waals surface area contributed by atoms with Gasteiger partial charge in [0.25, 0.3) is 0 Å². The number of hydrogen-bond acceptors (Lipinski definition) is 1. The summed E-state index contributed by atoms with van der Waals surface area (Å²) in [4.78, 5) is 4.58. The van der Waals surface area contributed by atoms with Gasteiger partial charge in [0.15, 0.2) is 0 Å². The minimum atomic E-state index is 0.977. The minimum Gasteiger partial charge on any atom is -0.260 e. The van der Waals surface area contributed by atoms with Gasteiger partial charge in [-0.1, -0.05) is 43.4 Å². The monoisotopic (exact) mass is 211 g/mol. The summed E-state index contributed by atoms with van der Waals surface area (Å²) in [6.45, 7) is 4.23. The molecule has 0 aliphatic heterocycles. The summed E-state index contributed by atoms with van der Waals surface area (Å²) in [5.74, 6) is 0. The van der Waals surface area contributed by atoms with Crippen molar-refractivity contribution in [1.82, 2.24) is 0 Å². The van der Waals surface area contributed by atoms with Crippen LogP contribution in [0.1, 0.15) is 30.0 Å². The maximum Gasteiger partial charge on any atom is 0.0730 e. The highest BCUT2D eigenvalue weighted by Gasteiger charge is 2.08. The summed E-state index contributed by atoms with van der Waals surface area (Å²) in [6, 6.07) is 4.36. The Morgan fingerprint density at radius 1 is 1.31 bits per heavy atom. The molecule has 82 valence electrons. The molecule has 1 aliphatic carbocycles. The molecular weight excluding hydrogens is 194 g/mol. The van der Waals surface area contributed by atoms with E-state index >= 15 is 0 Å². The zero-order chi connectivity index (χ0) is 11.4. The van der Waals surface area contributed by atoms with Crippen molar-refractivity contribution in [3.8, 4) is 0 Å². The molecule has 1 aromatic carbocycles. The van der Waals surface area contributed by atoms with E-state index in [9.17, 15) is 0 Å². The van der Waals surface area contributed by atoms with Crippen LogP contribution in [0.2, 0.25) is 0 Å². The molecule has 0 saturated heterocycles. The van der Waals surface area contributed by atoms with Gasteiger partial charge in [0.05, 0.1) is 5.69 Å². The lowest BCUT2D eigenvalue weighted by atomic mass is 10.00. The second-order valence-corrected chi connectivity index (χ2v) is 4.02. The highest BCUT2D eigenvalue weighted by atomic mass is 14.7. The fourth-order valence-electron chi connectivity index (χ4n) is 1.90. The van der Waals surface area contributed by atoms with E-state index in [1.54, 1.807) is 0 Å². The first-order valence-corrected chi connectivity index (χ1v) is 5.81. The summed E-state index contributed by atoms with van der Waals surface area (Å²) in [5.41, 5.74) is 5.00. The van der Waals surface area contributed by atoms with E-state index in [-0.39, 0.29) is 0 Å². The first kappa shape index (κ1) is 10.9. The van der Waals surface area contributed by atoms with Crippen molar-refractivity contribution in [2.45, 2.75) is 26.7 Å². The van der Waals surface area contributed by atoms with Crippen molar-refractivity contribution in [3.05, 3.63) is 47.1 Å². The third-order valence-electron chi connectivity index (χ3n) is 2.76. The third kappa shape index (κ3) is 2.13. The Bertz CT molecular complexity index is 465. The topological polar surface area (TPSA) is 12.4 Å². The van der Waals surface area contributed by atoms with Gasteiger partial charge in [-0.2, -0.15) is 0 Å². The van der Waals surface area contributed by atoms with Gasteiger partial charge in [-0.15, -0.1) is 0 Å². The van der Waals surface area contributed by atoms with Crippen LogP contribution in [0.25, 0.3) is 6.08 Å². The molecule has 2 rings (SSSR count). The molecule has 0 saturated carbocycles. The Kier molecular flexibility index (Phi) is 3.35. The summed E-state index contributed by atoms with van der Waals surface area (Å²) in [7, 11) is 0. The largest absolute Gasteiger partial charge is 0.260 e. The molecule has 0 N–H and O–H groups in total. The zero-order valence-corrected chi connectivity index (χ0v) is 9.90. The Hall–Kier alpha value is -1.63. The van der Waals surface area contributed by atoms with Gasteiger partial charge in [0.2, 0.25) is 0 Å². The number of hydrogen-bond donors (Lipinski definition) is 0. The first-order chi connectivity index (χ1) is 7.83. The normalized spacial score (nSPS) is 14.1. The molecule has 0 amide bonds. The van der Waals surface area contributed by atoms with Gasteiger partial charge >= 0.3 is 0 Å². The van der Waals surface area contributed by atoms with Crippen molar-refractivity contribution in [3.63, 3.8) is 0 Å². The molecule has 0 unspecified atom stereocenters. The van der Waals surface area contributed by atoms with E-state index in [4.69, 9.17) is 0 Å². The average Bonchev–Trinajstić information content (AvgIpc) is 2.53. The summed E-state index contributed by atoms with van der Waals surface area (Å²) in [5, 5.41) is 0. The first-order valence-electron chi connectivity index (χ1n) is 5.81. The summed E-state index contributed by atoms with van der Waals surface area (Å²) in [6.07, 6.45) is 12.5. The van der Waals surface area contributed by atoms with Gasteiger partial charge in [0.1, 0.15) is 0 Å². The quantitative estimate of drug-likeness (QED) is 0.649. The maximum atomic E-state index is 4.58. The van der Waals surface area contributed by atoms with Gasteiger partial charge < -0.3 is 0 Å². The smallest absolute Gasteiger partial charge is 0.0730 e. The van der Waals surface area contributed by atoms with E-state index in [0.717, 1.165) is 18.5 Å². The highest BCUT2D eigenvalue weighted by molar-refractivity contribution is 5.75. The predicted octanol–water partition coefficient (Wildman–Crippen LogP) is 4.23. The van der Waals surface area contributed by atoms with Gasteiger partial charge in [-0.05, 0) is 30.9 Å². The SMILES string of the molecule is CCC=Nc1c(C)ccc2c1C=CC=CC2. The Balaban J connectivity index is 2.54. The second-order valence-electron chi connectivity index (χ2n) is 4.02. The molecule has 0 spiro atoms. The Morgan fingerprint density at radius 3 is 3.00 bits per heavy atom. The second kappa shape index (κ2) is 4.93. The van der Waals surface area contributed by atoms with Crippen LogP contribution >= 0.6 is 0 Å². The van der Waals surface area contributed by atoms with E-state index in [1.807, 2.05) is 6.21 Å². The molecule has 0 bridgehead atoms. The predicted molar refractivity (Wildman–Crippen MR) is 71.5 cm³/mol. The van der Waals surface area contributed by atoms with Gasteiger partial charge in [0, 0.05) is 11.8 Å². The fourth-order valence-corrected chi connectivity index (χ4v) is 1.90. The highest BCUT2D eigenvalue weighted by Crippen LogP contribution is 2.30. The van der Waals surface area contributed by atoms with Crippen LogP contribution in [-0.4, -0.2) is 6.21 Å². The summed E-state index contributed by atoms with van der Waals surface area (Å²) >= 11 is 0. The molecule has 0 fully saturated rings. The molecule has 16 heavy (non-hydrogen) atoms. The molecule has 1 aromatic rings. The molecule has 1 aliphatic rings. The lowest BCUT2D eigenvalue weighted by molar-refractivity contribution is 1.23. The van der Waals surface area contributed by atoms with Crippen LogP contribution in [0.15, 0.2) is 35.4 Å². The van der Waals surface area contributed by atoms with Crippen molar-refractivity contribution in [2.24, 2.45) is 4.99 Å². The molecule has 0 radical (unpaired) electrons. The van der Waals surface area contributed by atoms with Crippen LogP contribution in [0.3, 0.4) is 0 Å². The maximum absolute atomic E-state index is 4.58. The van der Waals surface area contributed by atoms with Crippen molar-refractivity contribution < 1.29 is 0 Å². The van der Waals surface area contributed by atoms with Gasteiger partial charge in [-0.3, -0.25) is 4.99 Å². The number of allylic oxidation sites excluding steroid dienone is 3. The molecule has 1 nitrogen and oxygen atoms in total. The average molecular weight is 211 g/mol. The Morgan fingerprint density at radius 2 is 2.19 bits per heavy atom. The lowest BCUT2D eigenvalue weighted by Gasteiger charge is -2.09. The van der Waals surface area contributed by atoms with E-state index in [2.05, 4.69) is 55.3 Å². The molecular formula is C15H17N. The van der Waals surface area contributed by atoms with E-state index in [1.165, 1.54) is 16.7 Å². The number of rotatable bonds is 2. The van der Waals surface area contributed by atoms with Crippen LogP contribution in [0.5, 0.6) is 0 Å². The van der Waals surface area contributed by atoms with Crippen LogP contribution in [0.4, 0.5) is 5.69 Å². The minimum absolute atomic E-state index is 0.977. The molecule has 0 heterocycles. The fraction of sp³-hybridized carbons (Fsp3) is 0.267. The van der Waals surface area contributed by atoms with E-state index < -0.39 is 0 Å². The number of benzene rings is 1. The van der Waals surface area contributed by atoms with Crippen LogP contribution in [0, 0.1) is 6.92 Å². The molecule has 0 atom stereocenters. The molecule has 1 heteroatoms. The van der Waals surface area contributed by atoms with Crippen molar-refractivity contribution >= 4 is 18.0 Å². The van der Waals surface area contributed by atoms with Gasteiger partial charge in [-0.25, -0.2) is 0 Å². The van der Waals surface area contributed by atoms with Crippen LogP contribution in [-0.2, 0) is 6.42 Å². The van der Waals surface area contributed by atoms with Crippen molar-refractivity contribution in [1.29, 1.82) is 0 Å². The van der Waals surface area contributed by atoms with E-state index in [0.29, 0.717) is 0 Å².